The molecular formula is C25H29N3O2. The van der Waals surface area contributed by atoms with E-state index < -0.39 is 0 Å². The Morgan fingerprint density at radius 3 is 2.70 bits per heavy atom. The number of pyridine rings is 1. The van der Waals surface area contributed by atoms with Crippen LogP contribution in [0.3, 0.4) is 0 Å². The fraction of sp³-hybridized carbons (Fsp3) is 0.440. The zero-order chi connectivity index (χ0) is 21.2. The van der Waals surface area contributed by atoms with Crippen molar-refractivity contribution >= 4 is 0 Å². The van der Waals surface area contributed by atoms with Crippen LogP contribution < -0.4 is 10.2 Å². The molecule has 0 saturated heterocycles. The van der Waals surface area contributed by atoms with Gasteiger partial charge in [-0.1, -0.05) is 13.8 Å². The Morgan fingerprint density at radius 1 is 1.20 bits per heavy atom. The van der Waals surface area contributed by atoms with Crippen LogP contribution in [0.5, 0.6) is 5.75 Å². The molecule has 2 aromatic heterocycles. The number of nitrogens with zero attached hydrogens (tertiary/aromatic N) is 3. The van der Waals surface area contributed by atoms with E-state index >= 15 is 0 Å². The number of ether oxygens (including phenoxy) is 1. The fourth-order valence-electron chi connectivity index (χ4n) is 4.89. The summed E-state index contributed by atoms with van der Waals surface area (Å²) in [7, 11) is 0. The summed E-state index contributed by atoms with van der Waals surface area (Å²) >= 11 is 0. The molecule has 0 bridgehead atoms. The van der Waals surface area contributed by atoms with E-state index in [1.54, 1.807) is 0 Å². The summed E-state index contributed by atoms with van der Waals surface area (Å²) in [4.78, 5) is 12.6. The summed E-state index contributed by atoms with van der Waals surface area (Å²) in [6, 6.07) is 6.81. The number of hydrogen-bond acceptors (Lipinski definition) is 3. The summed E-state index contributed by atoms with van der Waals surface area (Å²) in [5.74, 6) is 1.40. The quantitative estimate of drug-likeness (QED) is 0.621. The molecular weight excluding hydrogens is 374 g/mol. The molecule has 1 atom stereocenters. The number of benzene rings is 1. The van der Waals surface area contributed by atoms with Gasteiger partial charge in [-0.3, -0.25) is 9.48 Å². The maximum absolute atomic E-state index is 12.6. The van der Waals surface area contributed by atoms with E-state index in [9.17, 15) is 4.79 Å². The zero-order valence-electron chi connectivity index (χ0n) is 18.4. The van der Waals surface area contributed by atoms with Crippen LogP contribution in [-0.2, 0) is 12.8 Å². The van der Waals surface area contributed by atoms with E-state index in [1.165, 1.54) is 16.7 Å². The van der Waals surface area contributed by atoms with Crippen molar-refractivity contribution in [2.24, 2.45) is 5.92 Å². The average molecular weight is 404 g/mol. The summed E-state index contributed by atoms with van der Waals surface area (Å²) in [6.45, 7) is 11.4. The monoisotopic (exact) mass is 403 g/mol. The van der Waals surface area contributed by atoms with E-state index in [-0.39, 0.29) is 5.43 Å². The fourth-order valence-corrected chi connectivity index (χ4v) is 4.89. The van der Waals surface area contributed by atoms with Crippen molar-refractivity contribution in [2.75, 3.05) is 6.61 Å². The number of aryl methyl sites for hydroxylation is 1. The van der Waals surface area contributed by atoms with Gasteiger partial charge in [0.15, 0.2) is 5.43 Å². The third-order valence-electron chi connectivity index (χ3n) is 6.55. The Balaban J connectivity index is 1.77. The highest BCUT2D eigenvalue weighted by Gasteiger charge is 2.33. The molecule has 1 aromatic carbocycles. The summed E-state index contributed by atoms with van der Waals surface area (Å²) in [5, 5.41) is 4.81. The van der Waals surface area contributed by atoms with Gasteiger partial charge in [0.25, 0.3) is 0 Å². The molecule has 4 heterocycles. The van der Waals surface area contributed by atoms with Crippen molar-refractivity contribution in [3.05, 3.63) is 57.5 Å². The highest BCUT2D eigenvalue weighted by Crippen LogP contribution is 2.48. The normalized spacial score (nSPS) is 17.1. The predicted octanol–water partition coefficient (Wildman–Crippen LogP) is 4.96. The highest BCUT2D eigenvalue weighted by molar-refractivity contribution is 5.82. The number of rotatable bonds is 3. The topological polar surface area (TPSA) is 49.0 Å². The molecule has 5 rings (SSSR count). The van der Waals surface area contributed by atoms with Crippen LogP contribution in [0.15, 0.2) is 35.4 Å². The molecule has 2 aliphatic rings. The SMILES string of the molecule is Cc1cn2c(cc1=O)-c1c(cc(-c3ccn(C(C)C)n3)c3c1CCO3)CC2C(C)C. The lowest BCUT2D eigenvalue weighted by Crippen LogP contribution is -2.27. The largest absolute Gasteiger partial charge is 0.492 e. The van der Waals surface area contributed by atoms with Gasteiger partial charge < -0.3 is 9.30 Å². The molecule has 2 aliphatic heterocycles. The van der Waals surface area contributed by atoms with Gasteiger partial charge in [-0.15, -0.1) is 0 Å². The lowest BCUT2D eigenvalue weighted by molar-refractivity contribution is 0.357. The van der Waals surface area contributed by atoms with Gasteiger partial charge in [0.05, 0.1) is 18.0 Å². The molecule has 0 amide bonds. The molecule has 5 heteroatoms. The maximum atomic E-state index is 12.6. The number of aromatic nitrogens is 3. The molecule has 0 spiro atoms. The van der Waals surface area contributed by atoms with E-state index in [0.29, 0.717) is 24.6 Å². The Bertz CT molecular complexity index is 1200. The summed E-state index contributed by atoms with van der Waals surface area (Å²) < 4.78 is 10.4. The second-order valence-corrected chi connectivity index (χ2v) is 9.27. The van der Waals surface area contributed by atoms with Crippen molar-refractivity contribution in [2.45, 2.75) is 59.5 Å². The summed E-state index contributed by atoms with van der Waals surface area (Å²) in [5.41, 5.74) is 7.69. The average Bonchev–Trinajstić information content (AvgIpc) is 3.37. The smallest absolute Gasteiger partial charge is 0.185 e. The minimum atomic E-state index is 0.101. The van der Waals surface area contributed by atoms with Crippen LogP contribution in [0.25, 0.3) is 22.5 Å². The first kappa shape index (κ1) is 19.2. The molecule has 0 saturated carbocycles. The predicted molar refractivity (Wildman–Crippen MR) is 119 cm³/mol. The third kappa shape index (κ3) is 2.83. The van der Waals surface area contributed by atoms with Crippen molar-refractivity contribution in [1.29, 1.82) is 0 Å². The Morgan fingerprint density at radius 2 is 2.00 bits per heavy atom. The minimum absolute atomic E-state index is 0.101. The van der Waals surface area contributed by atoms with Crippen molar-refractivity contribution < 1.29 is 4.74 Å². The molecule has 0 N–H and O–H groups in total. The highest BCUT2D eigenvalue weighted by atomic mass is 16.5. The zero-order valence-corrected chi connectivity index (χ0v) is 18.4. The van der Waals surface area contributed by atoms with Crippen molar-refractivity contribution in [1.82, 2.24) is 14.3 Å². The maximum Gasteiger partial charge on any atom is 0.185 e. The van der Waals surface area contributed by atoms with Crippen LogP contribution >= 0.6 is 0 Å². The number of fused-ring (bicyclic) bond motifs is 5. The van der Waals surface area contributed by atoms with Crippen molar-refractivity contribution in [3.63, 3.8) is 0 Å². The van der Waals surface area contributed by atoms with Crippen LogP contribution in [-0.4, -0.2) is 21.0 Å². The molecule has 0 aliphatic carbocycles. The van der Waals surface area contributed by atoms with Gasteiger partial charge in [0.1, 0.15) is 5.75 Å². The van der Waals surface area contributed by atoms with E-state index in [1.807, 2.05) is 30.1 Å². The van der Waals surface area contributed by atoms with Crippen LogP contribution in [0, 0.1) is 12.8 Å². The van der Waals surface area contributed by atoms with Gasteiger partial charge in [-0.25, -0.2) is 0 Å². The number of hydrogen-bond donors (Lipinski definition) is 0. The molecule has 3 aromatic rings. The molecule has 156 valence electrons. The summed E-state index contributed by atoms with van der Waals surface area (Å²) in [6.07, 6.45) is 5.90. The van der Waals surface area contributed by atoms with Gasteiger partial charge in [-0.2, -0.15) is 5.10 Å². The Labute approximate surface area is 177 Å². The van der Waals surface area contributed by atoms with E-state index in [2.05, 4.69) is 44.4 Å². The lowest BCUT2D eigenvalue weighted by Gasteiger charge is -2.34. The first-order chi connectivity index (χ1) is 14.3. The van der Waals surface area contributed by atoms with Crippen LogP contribution in [0.4, 0.5) is 0 Å². The van der Waals surface area contributed by atoms with Crippen molar-refractivity contribution in [3.8, 4) is 28.3 Å². The third-order valence-corrected chi connectivity index (χ3v) is 6.55. The van der Waals surface area contributed by atoms with E-state index in [0.717, 1.165) is 41.1 Å². The molecule has 5 nitrogen and oxygen atoms in total. The molecule has 0 fully saturated rings. The Hall–Kier alpha value is -2.82. The molecule has 30 heavy (non-hydrogen) atoms. The molecule has 0 radical (unpaired) electrons. The Kier molecular flexibility index (Phi) is 4.38. The standard InChI is InChI=1S/C25H29N3O2/c1-14(2)21-11-17-10-19(20-6-8-28(26-20)15(3)4)25-18(7-9-30-25)24(17)22-12-23(29)16(5)13-27(21)22/h6,8,10,12-15,21H,7,9,11H2,1-5H3. The second kappa shape index (κ2) is 6.86. The van der Waals surface area contributed by atoms with E-state index in [4.69, 9.17) is 9.84 Å². The van der Waals surface area contributed by atoms with Gasteiger partial charge >= 0.3 is 0 Å². The lowest BCUT2D eigenvalue weighted by atomic mass is 9.83. The van der Waals surface area contributed by atoms with Crippen LogP contribution in [0.2, 0.25) is 0 Å². The first-order valence-electron chi connectivity index (χ1n) is 11.0. The van der Waals surface area contributed by atoms with Gasteiger partial charge in [-0.05, 0) is 50.8 Å². The second-order valence-electron chi connectivity index (χ2n) is 9.27. The minimum Gasteiger partial charge on any atom is -0.492 e. The molecule has 1 unspecified atom stereocenters. The first-order valence-corrected chi connectivity index (χ1v) is 11.0. The van der Waals surface area contributed by atoms with Gasteiger partial charge in [0.2, 0.25) is 0 Å². The van der Waals surface area contributed by atoms with Gasteiger partial charge in [0, 0.05) is 59.2 Å². The van der Waals surface area contributed by atoms with Crippen LogP contribution in [0.1, 0.15) is 56.5 Å².